The van der Waals surface area contributed by atoms with Crippen molar-refractivity contribution in [1.82, 2.24) is 0 Å². The summed E-state index contributed by atoms with van der Waals surface area (Å²) >= 11 is 1.53. The second-order valence-corrected chi connectivity index (χ2v) is 7.35. The van der Waals surface area contributed by atoms with Crippen LogP contribution in [0.25, 0.3) is 21.7 Å². The zero-order chi connectivity index (χ0) is 20.2. The van der Waals surface area contributed by atoms with E-state index in [0.717, 1.165) is 32.2 Å². The zero-order valence-electron chi connectivity index (χ0n) is 15.8. The third kappa shape index (κ3) is 4.12. The maximum Gasteiger partial charge on any atom is 0.310 e. The average Bonchev–Trinajstić information content (AvgIpc) is 3.16. The molecule has 6 heteroatoms. The number of anilines is 1. The second-order valence-electron chi connectivity index (χ2n) is 6.51. The van der Waals surface area contributed by atoms with Crippen LogP contribution in [-0.4, -0.2) is 24.7 Å². The minimum Gasteiger partial charge on any atom is -0.464 e. The molecule has 0 bridgehead atoms. The van der Waals surface area contributed by atoms with Crippen molar-refractivity contribution in [1.29, 1.82) is 0 Å². The second kappa shape index (κ2) is 8.41. The molecule has 3 aromatic carbocycles. The number of thioether (sulfide) groups is 1. The molecule has 0 aliphatic rings. The van der Waals surface area contributed by atoms with Crippen molar-refractivity contribution in [2.45, 2.75) is 11.3 Å². The van der Waals surface area contributed by atoms with Gasteiger partial charge in [0.1, 0.15) is 5.58 Å². The summed E-state index contributed by atoms with van der Waals surface area (Å²) in [6.45, 7) is -0.335. The van der Waals surface area contributed by atoms with Gasteiger partial charge in [0.25, 0.3) is 5.91 Å². The lowest BCUT2D eigenvalue weighted by Gasteiger charge is -2.09. The summed E-state index contributed by atoms with van der Waals surface area (Å²) in [4.78, 5) is 25.4. The van der Waals surface area contributed by atoms with Crippen LogP contribution in [0.5, 0.6) is 0 Å². The smallest absolute Gasteiger partial charge is 0.310 e. The molecule has 0 atom stereocenters. The molecular weight excluding hydrogens is 386 g/mol. The third-order valence-electron chi connectivity index (χ3n) is 4.62. The Bertz CT molecular complexity index is 1200. The molecular formula is C23H19NO4S. The number of benzene rings is 3. The molecule has 1 amide bonds. The average molecular weight is 405 g/mol. The fraction of sp³-hybridized carbons (Fsp3) is 0.130. The van der Waals surface area contributed by atoms with Crippen LogP contribution in [0.4, 0.5) is 5.69 Å². The minimum absolute atomic E-state index is 0.0374. The van der Waals surface area contributed by atoms with Gasteiger partial charge in [0.15, 0.2) is 6.61 Å². The highest BCUT2D eigenvalue weighted by Crippen LogP contribution is 2.30. The lowest BCUT2D eigenvalue weighted by atomic mass is 10.0. The Labute approximate surface area is 172 Å². The molecule has 4 aromatic rings. The summed E-state index contributed by atoms with van der Waals surface area (Å²) in [5, 5.41) is 5.77. The van der Waals surface area contributed by atoms with Crippen LogP contribution in [-0.2, 0) is 20.7 Å². The highest BCUT2D eigenvalue weighted by atomic mass is 32.2. The van der Waals surface area contributed by atoms with E-state index in [1.54, 1.807) is 6.26 Å². The predicted octanol–water partition coefficient (Wildman–Crippen LogP) is 5.03. The van der Waals surface area contributed by atoms with E-state index < -0.39 is 5.97 Å². The fourth-order valence-electron chi connectivity index (χ4n) is 3.29. The molecule has 0 saturated heterocycles. The maximum atomic E-state index is 12.3. The Morgan fingerprint density at radius 3 is 2.69 bits per heavy atom. The van der Waals surface area contributed by atoms with E-state index in [2.05, 4.69) is 5.32 Å². The van der Waals surface area contributed by atoms with Gasteiger partial charge >= 0.3 is 5.97 Å². The van der Waals surface area contributed by atoms with Crippen LogP contribution in [0.15, 0.2) is 76.2 Å². The molecule has 5 nitrogen and oxygen atoms in total. The molecule has 1 heterocycles. The number of hydrogen-bond donors (Lipinski definition) is 1. The highest BCUT2D eigenvalue weighted by Gasteiger charge is 2.15. The Hall–Kier alpha value is -3.25. The van der Waals surface area contributed by atoms with Gasteiger partial charge in [0, 0.05) is 15.8 Å². The van der Waals surface area contributed by atoms with Gasteiger partial charge in [-0.25, -0.2) is 0 Å². The van der Waals surface area contributed by atoms with Crippen molar-refractivity contribution < 1.29 is 18.7 Å². The predicted molar refractivity (Wildman–Crippen MR) is 115 cm³/mol. The van der Waals surface area contributed by atoms with Gasteiger partial charge in [-0.1, -0.05) is 42.5 Å². The number of furan rings is 1. The standard InChI is InChI=1S/C23H19NO4S/c1-29-20-9-5-4-8-18(20)24-21(25)14-28-22(26)12-16-13-27-19-11-10-15-6-2-3-7-17(15)23(16)19/h2-11,13H,12,14H2,1H3,(H,24,25). The van der Waals surface area contributed by atoms with E-state index >= 15 is 0 Å². The van der Waals surface area contributed by atoms with Crippen molar-refractivity contribution >= 4 is 51.1 Å². The normalized spacial score (nSPS) is 10.9. The van der Waals surface area contributed by atoms with Crippen LogP contribution in [0.1, 0.15) is 5.56 Å². The van der Waals surface area contributed by atoms with Crippen molar-refractivity contribution in [2.24, 2.45) is 0 Å². The Kier molecular flexibility index (Phi) is 5.53. The maximum absolute atomic E-state index is 12.3. The molecule has 1 aromatic heterocycles. The Balaban J connectivity index is 1.42. The number of ether oxygens (including phenoxy) is 1. The monoisotopic (exact) mass is 405 g/mol. The number of rotatable bonds is 6. The molecule has 0 saturated carbocycles. The first-order chi connectivity index (χ1) is 14.2. The van der Waals surface area contributed by atoms with Crippen molar-refractivity contribution in [3.05, 3.63) is 72.5 Å². The molecule has 0 fully saturated rings. The van der Waals surface area contributed by atoms with E-state index in [1.165, 1.54) is 11.8 Å². The molecule has 0 aliphatic heterocycles. The van der Waals surface area contributed by atoms with Crippen LogP contribution in [0.2, 0.25) is 0 Å². The molecule has 0 unspecified atom stereocenters. The number of para-hydroxylation sites is 1. The number of carbonyl (C=O) groups excluding carboxylic acids is 2. The lowest BCUT2D eigenvalue weighted by Crippen LogP contribution is -2.21. The number of carbonyl (C=O) groups is 2. The van der Waals surface area contributed by atoms with Crippen LogP contribution in [0, 0.1) is 0 Å². The summed E-state index contributed by atoms with van der Waals surface area (Å²) in [5.74, 6) is -0.851. The Morgan fingerprint density at radius 2 is 1.83 bits per heavy atom. The molecule has 29 heavy (non-hydrogen) atoms. The van der Waals surface area contributed by atoms with Crippen molar-refractivity contribution in [2.75, 3.05) is 18.2 Å². The zero-order valence-corrected chi connectivity index (χ0v) is 16.6. The molecule has 0 spiro atoms. The summed E-state index contributed by atoms with van der Waals surface area (Å²) in [5.41, 5.74) is 2.17. The van der Waals surface area contributed by atoms with Gasteiger partial charge in [0.05, 0.1) is 18.4 Å². The third-order valence-corrected chi connectivity index (χ3v) is 5.42. The van der Waals surface area contributed by atoms with Crippen molar-refractivity contribution in [3.63, 3.8) is 0 Å². The van der Waals surface area contributed by atoms with E-state index in [9.17, 15) is 9.59 Å². The van der Waals surface area contributed by atoms with Gasteiger partial charge in [-0.3, -0.25) is 9.59 Å². The summed E-state index contributed by atoms with van der Waals surface area (Å²) < 4.78 is 10.8. The molecule has 146 valence electrons. The van der Waals surface area contributed by atoms with Crippen LogP contribution < -0.4 is 5.32 Å². The van der Waals surface area contributed by atoms with E-state index in [0.29, 0.717) is 5.69 Å². The number of hydrogen-bond acceptors (Lipinski definition) is 5. The topological polar surface area (TPSA) is 68.5 Å². The van der Waals surface area contributed by atoms with Crippen LogP contribution in [0.3, 0.4) is 0 Å². The highest BCUT2D eigenvalue weighted by molar-refractivity contribution is 7.98. The summed E-state index contributed by atoms with van der Waals surface area (Å²) in [6, 6.07) is 19.3. The molecule has 4 rings (SSSR count). The largest absolute Gasteiger partial charge is 0.464 e. The lowest BCUT2D eigenvalue weighted by molar-refractivity contribution is -0.146. The first-order valence-corrected chi connectivity index (χ1v) is 10.3. The summed E-state index contributed by atoms with van der Waals surface area (Å²) in [7, 11) is 0. The van der Waals surface area contributed by atoms with E-state index in [-0.39, 0.29) is 18.9 Å². The SMILES string of the molecule is CSc1ccccc1NC(=O)COC(=O)Cc1coc2ccc3ccccc3c12. The van der Waals surface area contributed by atoms with Gasteiger partial charge in [-0.05, 0) is 35.2 Å². The fourth-order valence-corrected chi connectivity index (χ4v) is 3.84. The van der Waals surface area contributed by atoms with Gasteiger partial charge < -0.3 is 14.5 Å². The summed E-state index contributed by atoms with van der Waals surface area (Å²) in [6.07, 6.45) is 3.55. The van der Waals surface area contributed by atoms with Gasteiger partial charge in [-0.15, -0.1) is 11.8 Å². The van der Waals surface area contributed by atoms with E-state index in [4.69, 9.17) is 9.15 Å². The molecule has 0 aliphatic carbocycles. The number of amides is 1. The first kappa shape index (κ1) is 19.1. The minimum atomic E-state index is -0.478. The number of esters is 1. The van der Waals surface area contributed by atoms with E-state index in [1.807, 2.05) is 66.9 Å². The number of nitrogens with one attached hydrogen (secondary N) is 1. The number of fused-ring (bicyclic) bond motifs is 3. The Morgan fingerprint density at radius 1 is 1.03 bits per heavy atom. The molecule has 0 radical (unpaired) electrons. The van der Waals surface area contributed by atoms with Gasteiger partial charge in [-0.2, -0.15) is 0 Å². The quantitative estimate of drug-likeness (QED) is 0.360. The van der Waals surface area contributed by atoms with Crippen molar-refractivity contribution in [3.8, 4) is 0 Å². The first-order valence-electron chi connectivity index (χ1n) is 9.12. The van der Waals surface area contributed by atoms with Crippen LogP contribution >= 0.6 is 11.8 Å². The van der Waals surface area contributed by atoms with Gasteiger partial charge in [0.2, 0.25) is 0 Å². The molecule has 1 N–H and O–H groups in total.